The summed E-state index contributed by atoms with van der Waals surface area (Å²) in [5.41, 5.74) is 4.47. The molecule has 1 fully saturated rings. The zero-order valence-corrected chi connectivity index (χ0v) is 13.2. The Labute approximate surface area is 129 Å². The molecule has 0 heteroatoms. The number of rotatable bonds is 5. The summed E-state index contributed by atoms with van der Waals surface area (Å²) in [6.45, 7) is 4.61. The third-order valence-electron chi connectivity index (χ3n) is 4.76. The Morgan fingerprint density at radius 2 is 1.62 bits per heavy atom. The van der Waals surface area contributed by atoms with Crippen LogP contribution in [0.1, 0.15) is 55.7 Å². The Hall–Kier alpha value is -1.56. The van der Waals surface area contributed by atoms with E-state index in [-0.39, 0.29) is 0 Å². The Balaban J connectivity index is 1.92. The fraction of sp³-hybridized carbons (Fsp3) is 0.381. The predicted molar refractivity (Wildman–Crippen MR) is 90.4 cm³/mol. The molecule has 0 bridgehead atoms. The molecule has 2 aromatic rings. The highest BCUT2D eigenvalue weighted by molar-refractivity contribution is 5.43. The van der Waals surface area contributed by atoms with Crippen LogP contribution in [0, 0.1) is 11.8 Å². The van der Waals surface area contributed by atoms with Crippen molar-refractivity contribution >= 4 is 0 Å². The van der Waals surface area contributed by atoms with E-state index in [0.717, 1.165) is 12.3 Å². The van der Waals surface area contributed by atoms with Gasteiger partial charge in [-0.25, -0.2) is 0 Å². The maximum atomic E-state index is 2.34. The second kappa shape index (κ2) is 6.47. The number of hydrogen-bond donors (Lipinski definition) is 0. The summed E-state index contributed by atoms with van der Waals surface area (Å²) in [5.74, 6) is 3.05. The van der Waals surface area contributed by atoms with Crippen LogP contribution in [0.2, 0.25) is 0 Å². The van der Waals surface area contributed by atoms with Gasteiger partial charge < -0.3 is 0 Å². The Morgan fingerprint density at radius 1 is 0.952 bits per heavy atom. The van der Waals surface area contributed by atoms with E-state index in [2.05, 4.69) is 68.4 Å². The lowest BCUT2D eigenvalue weighted by Gasteiger charge is -2.35. The summed E-state index contributed by atoms with van der Waals surface area (Å²) in [5, 5.41) is 0. The summed E-state index contributed by atoms with van der Waals surface area (Å²) in [6, 6.07) is 20.0. The molecular formula is C21H25. The maximum absolute atomic E-state index is 2.34. The van der Waals surface area contributed by atoms with Gasteiger partial charge in [0.15, 0.2) is 0 Å². The van der Waals surface area contributed by atoms with Gasteiger partial charge in [-0.15, -0.1) is 0 Å². The van der Waals surface area contributed by atoms with Crippen molar-refractivity contribution in [3.05, 3.63) is 77.2 Å². The topological polar surface area (TPSA) is 0 Å². The van der Waals surface area contributed by atoms with Crippen molar-refractivity contribution in [2.75, 3.05) is 0 Å². The van der Waals surface area contributed by atoms with Crippen LogP contribution in [0.4, 0.5) is 0 Å². The van der Waals surface area contributed by atoms with E-state index >= 15 is 0 Å². The first kappa shape index (κ1) is 14.4. The third kappa shape index (κ3) is 3.20. The maximum Gasteiger partial charge on any atom is 0.0127 e. The largest absolute Gasteiger partial charge is 0.0622 e. The molecule has 21 heavy (non-hydrogen) atoms. The van der Waals surface area contributed by atoms with Gasteiger partial charge in [0.2, 0.25) is 0 Å². The van der Waals surface area contributed by atoms with Crippen molar-refractivity contribution in [3.8, 4) is 0 Å². The average molecular weight is 277 g/mol. The molecule has 0 spiro atoms. The zero-order valence-electron chi connectivity index (χ0n) is 13.2. The molecule has 0 saturated heterocycles. The highest BCUT2D eigenvalue weighted by Gasteiger charge is 2.30. The highest BCUT2D eigenvalue weighted by atomic mass is 14.3. The summed E-state index contributed by atoms with van der Waals surface area (Å²) in [4.78, 5) is 0. The fourth-order valence-electron chi connectivity index (χ4n) is 3.32. The molecule has 1 aliphatic rings. The first-order valence-electron chi connectivity index (χ1n) is 8.24. The summed E-state index contributed by atoms with van der Waals surface area (Å²) in [7, 11) is 0. The van der Waals surface area contributed by atoms with Gasteiger partial charge >= 0.3 is 0 Å². The van der Waals surface area contributed by atoms with Crippen LogP contribution in [0.5, 0.6) is 0 Å². The molecule has 2 aromatic carbocycles. The number of benzene rings is 2. The lowest BCUT2D eigenvalue weighted by molar-refractivity contribution is 0.331. The second-order valence-corrected chi connectivity index (χ2v) is 6.56. The van der Waals surface area contributed by atoms with Gasteiger partial charge in [-0.3, -0.25) is 0 Å². The van der Waals surface area contributed by atoms with Crippen molar-refractivity contribution in [2.45, 2.75) is 45.4 Å². The van der Waals surface area contributed by atoms with Gasteiger partial charge in [-0.1, -0.05) is 74.9 Å². The minimum Gasteiger partial charge on any atom is -0.0622 e. The van der Waals surface area contributed by atoms with Crippen LogP contribution in [0.15, 0.2) is 54.6 Å². The SMILES string of the molecule is CC(C)c1ccccc1[C](Cc1ccccc1)C1CCC1. The molecule has 1 aliphatic carbocycles. The van der Waals surface area contributed by atoms with Crippen LogP contribution >= 0.6 is 0 Å². The van der Waals surface area contributed by atoms with E-state index in [4.69, 9.17) is 0 Å². The lowest BCUT2D eigenvalue weighted by atomic mass is 9.69. The Kier molecular flexibility index (Phi) is 4.43. The van der Waals surface area contributed by atoms with Gasteiger partial charge in [-0.2, -0.15) is 0 Å². The smallest absolute Gasteiger partial charge is 0.0127 e. The first-order chi connectivity index (χ1) is 10.3. The van der Waals surface area contributed by atoms with Gasteiger partial charge in [0, 0.05) is 5.92 Å². The summed E-state index contributed by atoms with van der Waals surface area (Å²) < 4.78 is 0. The standard InChI is InChI=1S/C21H25/c1-16(2)19-13-6-7-14-20(19)21(18-11-8-12-18)15-17-9-4-3-5-10-17/h3-7,9-10,13-14,16,18H,8,11-12,15H2,1-2H3. The van der Waals surface area contributed by atoms with Gasteiger partial charge in [0.05, 0.1) is 0 Å². The fourth-order valence-corrected chi connectivity index (χ4v) is 3.32. The molecule has 1 saturated carbocycles. The highest BCUT2D eigenvalue weighted by Crippen LogP contribution is 2.42. The Bertz CT molecular complexity index is 564. The third-order valence-corrected chi connectivity index (χ3v) is 4.76. The predicted octanol–water partition coefficient (Wildman–Crippen LogP) is 5.78. The molecule has 0 atom stereocenters. The molecule has 109 valence electrons. The van der Waals surface area contributed by atoms with Gasteiger partial charge in [0.25, 0.3) is 0 Å². The van der Waals surface area contributed by atoms with Crippen molar-refractivity contribution in [2.24, 2.45) is 5.92 Å². The molecule has 0 aliphatic heterocycles. The quantitative estimate of drug-likeness (QED) is 0.650. The van der Waals surface area contributed by atoms with Crippen LogP contribution in [0.3, 0.4) is 0 Å². The normalized spacial score (nSPS) is 15.4. The molecule has 0 aromatic heterocycles. The molecule has 0 heterocycles. The zero-order chi connectivity index (χ0) is 14.7. The molecule has 3 rings (SSSR count). The molecule has 0 unspecified atom stereocenters. The van der Waals surface area contributed by atoms with Crippen LogP contribution in [-0.2, 0) is 6.42 Å². The van der Waals surface area contributed by atoms with E-state index in [1.165, 1.54) is 36.0 Å². The average Bonchev–Trinajstić information content (AvgIpc) is 2.46. The van der Waals surface area contributed by atoms with Gasteiger partial charge in [0.1, 0.15) is 0 Å². The molecular weight excluding hydrogens is 252 g/mol. The summed E-state index contributed by atoms with van der Waals surface area (Å²) in [6.07, 6.45) is 5.24. The molecule has 0 nitrogen and oxygen atoms in total. The van der Waals surface area contributed by atoms with Crippen LogP contribution in [-0.4, -0.2) is 0 Å². The van der Waals surface area contributed by atoms with E-state index in [9.17, 15) is 0 Å². The van der Waals surface area contributed by atoms with Crippen LogP contribution < -0.4 is 0 Å². The molecule has 0 amide bonds. The van der Waals surface area contributed by atoms with E-state index in [1.807, 2.05) is 0 Å². The summed E-state index contributed by atoms with van der Waals surface area (Å²) >= 11 is 0. The molecule has 1 radical (unpaired) electrons. The Morgan fingerprint density at radius 3 is 2.24 bits per heavy atom. The van der Waals surface area contributed by atoms with Crippen molar-refractivity contribution < 1.29 is 0 Å². The lowest BCUT2D eigenvalue weighted by Crippen LogP contribution is -2.24. The molecule has 0 N–H and O–H groups in total. The minimum absolute atomic E-state index is 0.590. The van der Waals surface area contributed by atoms with E-state index in [0.29, 0.717) is 5.92 Å². The van der Waals surface area contributed by atoms with Crippen molar-refractivity contribution in [1.82, 2.24) is 0 Å². The van der Waals surface area contributed by atoms with Crippen molar-refractivity contribution in [1.29, 1.82) is 0 Å². The van der Waals surface area contributed by atoms with Gasteiger partial charge in [-0.05, 0) is 47.8 Å². The van der Waals surface area contributed by atoms with E-state index in [1.54, 1.807) is 5.92 Å². The monoisotopic (exact) mass is 277 g/mol. The van der Waals surface area contributed by atoms with E-state index < -0.39 is 0 Å². The minimum atomic E-state index is 0.590. The van der Waals surface area contributed by atoms with Crippen LogP contribution in [0.25, 0.3) is 0 Å². The first-order valence-corrected chi connectivity index (χ1v) is 8.24. The van der Waals surface area contributed by atoms with Crippen molar-refractivity contribution in [3.63, 3.8) is 0 Å². The second-order valence-electron chi connectivity index (χ2n) is 6.56. The number of hydrogen-bond acceptors (Lipinski definition) is 0.